The first kappa shape index (κ1) is 28.3. The van der Waals surface area contributed by atoms with Gasteiger partial charge in [-0.1, -0.05) is 61.5 Å². The molecule has 0 aromatic carbocycles. The Hall–Kier alpha value is -1.68. The van der Waals surface area contributed by atoms with Gasteiger partial charge in [0, 0.05) is 6.42 Å². The van der Waals surface area contributed by atoms with Gasteiger partial charge in [-0.15, -0.1) is 6.58 Å². The van der Waals surface area contributed by atoms with Crippen LogP contribution in [0.5, 0.6) is 0 Å². The second kappa shape index (κ2) is 10.1. The molecule has 2 aliphatic rings. The molecule has 4 heterocycles. The standard InChI is InChI=1S/C25H43N5O5Si2/c1-10-11-25(31)21-19(33-24(25)30-14-29-20-22(26)27-13-28-23(20)30)12-32-36(15(2)3,16(4)5)35-37(34-21,17(6)7)18(8)9/h10,13-19,21,24,31H,1,11-12H2,2-9H3,(H2,26,27,28)/t19-,21-,24?,25-/m1/s1. The third kappa shape index (κ3) is 4.40. The average molecular weight is 550 g/mol. The van der Waals surface area contributed by atoms with Gasteiger partial charge in [0.2, 0.25) is 0 Å². The van der Waals surface area contributed by atoms with Gasteiger partial charge in [-0.05, 0) is 22.2 Å². The summed E-state index contributed by atoms with van der Waals surface area (Å²) in [4.78, 5) is 12.8. The lowest BCUT2D eigenvalue weighted by molar-refractivity contribution is -0.104. The van der Waals surface area contributed by atoms with Crippen LogP contribution < -0.4 is 5.73 Å². The maximum absolute atomic E-state index is 12.4. The highest BCUT2D eigenvalue weighted by Gasteiger charge is 2.65. The molecule has 0 spiro atoms. The number of ether oxygens (including phenoxy) is 1. The van der Waals surface area contributed by atoms with E-state index in [2.05, 4.69) is 76.9 Å². The molecule has 2 saturated heterocycles. The van der Waals surface area contributed by atoms with Crippen molar-refractivity contribution in [2.24, 2.45) is 0 Å². The fourth-order valence-corrected chi connectivity index (χ4v) is 17.3. The summed E-state index contributed by atoms with van der Waals surface area (Å²) in [6, 6.07) is 0. The third-order valence-corrected chi connectivity index (χ3v) is 18.2. The van der Waals surface area contributed by atoms with Gasteiger partial charge in [0.05, 0.1) is 12.9 Å². The Bertz CT molecular complexity index is 1110. The fraction of sp³-hybridized carbons (Fsp3) is 0.720. The largest absolute Gasteiger partial charge is 0.414 e. The number of aliphatic hydroxyl groups is 1. The Morgan fingerprint density at radius 3 is 2.27 bits per heavy atom. The zero-order valence-corrected chi connectivity index (χ0v) is 25.3. The van der Waals surface area contributed by atoms with Crippen LogP contribution in [0.15, 0.2) is 25.3 Å². The molecule has 0 amide bonds. The molecule has 0 saturated carbocycles. The van der Waals surface area contributed by atoms with Crippen LogP contribution in [0.2, 0.25) is 22.2 Å². The molecule has 37 heavy (non-hydrogen) atoms. The van der Waals surface area contributed by atoms with E-state index in [1.165, 1.54) is 6.33 Å². The summed E-state index contributed by atoms with van der Waals surface area (Å²) < 4.78 is 29.7. The number of hydrogen-bond acceptors (Lipinski definition) is 9. The highest BCUT2D eigenvalue weighted by molar-refractivity contribution is 6.84. The maximum atomic E-state index is 12.4. The van der Waals surface area contributed by atoms with Crippen LogP contribution >= 0.6 is 0 Å². The van der Waals surface area contributed by atoms with Gasteiger partial charge in [-0.25, -0.2) is 15.0 Å². The summed E-state index contributed by atoms with van der Waals surface area (Å²) in [5.74, 6) is 0.267. The molecule has 10 nitrogen and oxygen atoms in total. The van der Waals surface area contributed by atoms with Crippen molar-refractivity contribution >= 4 is 34.1 Å². The quantitative estimate of drug-likeness (QED) is 0.377. The average Bonchev–Trinajstić information content (AvgIpc) is 3.33. The first-order valence-corrected chi connectivity index (χ1v) is 17.2. The first-order chi connectivity index (χ1) is 17.3. The van der Waals surface area contributed by atoms with E-state index in [4.69, 9.17) is 23.4 Å². The highest BCUT2D eigenvalue weighted by Crippen LogP contribution is 2.51. The molecule has 0 aliphatic carbocycles. The van der Waals surface area contributed by atoms with Gasteiger partial charge in [-0.3, -0.25) is 4.57 Å². The summed E-state index contributed by atoms with van der Waals surface area (Å²) >= 11 is 0. The molecule has 0 radical (unpaired) electrons. The number of nitrogens with two attached hydrogens (primary N) is 1. The van der Waals surface area contributed by atoms with Crippen molar-refractivity contribution in [1.29, 1.82) is 0 Å². The summed E-state index contributed by atoms with van der Waals surface area (Å²) in [7, 11) is -5.72. The SMILES string of the molecule is C=CC[C@]1(O)C(n2cnc3c(N)ncnc32)O[C@@H]2CO[Si](C(C)C)(C(C)C)O[Si](C(C)C)(C(C)C)O[C@H]21. The summed E-state index contributed by atoms with van der Waals surface area (Å²) in [5, 5.41) is 12.4. The third-order valence-electron chi connectivity index (χ3n) is 8.00. The van der Waals surface area contributed by atoms with Crippen LogP contribution in [0.1, 0.15) is 68.0 Å². The van der Waals surface area contributed by atoms with Crippen molar-refractivity contribution < 1.29 is 22.8 Å². The summed E-state index contributed by atoms with van der Waals surface area (Å²) in [6.45, 7) is 21.5. The lowest BCUT2D eigenvalue weighted by Crippen LogP contribution is -2.67. The normalized spacial score (nSPS) is 29.7. The Balaban J connectivity index is 1.88. The van der Waals surface area contributed by atoms with Crippen molar-refractivity contribution in [3.05, 3.63) is 25.3 Å². The first-order valence-electron chi connectivity index (χ1n) is 13.3. The van der Waals surface area contributed by atoms with E-state index in [9.17, 15) is 5.11 Å². The minimum Gasteiger partial charge on any atom is -0.414 e. The Morgan fingerprint density at radius 1 is 1.08 bits per heavy atom. The van der Waals surface area contributed by atoms with Crippen LogP contribution in [-0.2, 0) is 17.7 Å². The smallest absolute Gasteiger partial charge is 0.335 e. The van der Waals surface area contributed by atoms with Gasteiger partial charge < -0.3 is 28.5 Å². The van der Waals surface area contributed by atoms with Crippen LogP contribution in [0, 0.1) is 0 Å². The van der Waals surface area contributed by atoms with Gasteiger partial charge in [0.15, 0.2) is 17.7 Å². The molecule has 2 aromatic rings. The van der Waals surface area contributed by atoms with Crippen molar-refractivity contribution in [2.75, 3.05) is 12.3 Å². The number of nitrogen functional groups attached to an aromatic ring is 1. The molecule has 4 atom stereocenters. The molecule has 206 valence electrons. The van der Waals surface area contributed by atoms with Crippen molar-refractivity contribution in [2.45, 2.75) is 108 Å². The molecule has 3 N–H and O–H groups in total. The van der Waals surface area contributed by atoms with Crippen molar-refractivity contribution in [3.63, 3.8) is 0 Å². The number of nitrogens with zero attached hydrogens (tertiary/aromatic N) is 4. The lowest BCUT2D eigenvalue weighted by atomic mass is 9.90. The van der Waals surface area contributed by atoms with E-state index in [0.717, 1.165) is 0 Å². The van der Waals surface area contributed by atoms with E-state index in [-0.39, 0.29) is 41.0 Å². The zero-order chi connectivity index (χ0) is 27.3. The monoisotopic (exact) mass is 549 g/mol. The van der Waals surface area contributed by atoms with Crippen LogP contribution in [0.3, 0.4) is 0 Å². The minimum atomic E-state index is -2.97. The number of rotatable bonds is 7. The highest BCUT2D eigenvalue weighted by atomic mass is 28.5. The molecular formula is C25H43N5O5Si2. The van der Waals surface area contributed by atoms with Gasteiger partial charge in [0.1, 0.15) is 29.7 Å². The van der Waals surface area contributed by atoms with E-state index < -0.39 is 41.2 Å². The molecule has 12 heteroatoms. The number of fused-ring (bicyclic) bond motifs is 2. The predicted octanol–water partition coefficient (Wildman–Crippen LogP) is 4.57. The van der Waals surface area contributed by atoms with Crippen molar-refractivity contribution in [1.82, 2.24) is 19.5 Å². The number of aromatic nitrogens is 4. The Morgan fingerprint density at radius 2 is 1.70 bits per heavy atom. The lowest BCUT2D eigenvalue weighted by Gasteiger charge is -2.52. The second-order valence-electron chi connectivity index (χ2n) is 11.6. The summed E-state index contributed by atoms with van der Waals surface area (Å²) in [6.07, 6.45) is 2.83. The molecule has 2 fully saturated rings. The molecule has 1 unspecified atom stereocenters. The molecular weight excluding hydrogens is 506 g/mol. The van der Waals surface area contributed by atoms with E-state index >= 15 is 0 Å². The van der Waals surface area contributed by atoms with Crippen LogP contribution in [0.25, 0.3) is 11.2 Å². The Labute approximate surface area is 222 Å². The molecule has 0 bridgehead atoms. The van der Waals surface area contributed by atoms with Crippen molar-refractivity contribution in [3.8, 4) is 0 Å². The predicted molar refractivity (Wildman–Crippen MR) is 147 cm³/mol. The van der Waals surface area contributed by atoms with Gasteiger partial charge in [-0.2, -0.15) is 0 Å². The number of hydrogen-bond donors (Lipinski definition) is 2. The van der Waals surface area contributed by atoms with E-state index in [1.54, 1.807) is 17.0 Å². The van der Waals surface area contributed by atoms with Crippen LogP contribution in [-0.4, -0.2) is 66.2 Å². The van der Waals surface area contributed by atoms with Gasteiger partial charge in [0.25, 0.3) is 0 Å². The molecule has 4 rings (SSSR count). The number of imidazole rings is 1. The summed E-state index contributed by atoms with van der Waals surface area (Å²) in [5.41, 5.74) is 6.16. The minimum absolute atomic E-state index is 0.118. The Kier molecular flexibility index (Phi) is 7.76. The zero-order valence-electron chi connectivity index (χ0n) is 23.3. The molecule has 2 aliphatic heterocycles. The van der Waals surface area contributed by atoms with Crippen LogP contribution in [0.4, 0.5) is 5.82 Å². The van der Waals surface area contributed by atoms with E-state index in [1.807, 2.05) is 0 Å². The molecule has 2 aromatic heterocycles. The topological polar surface area (TPSA) is 127 Å². The maximum Gasteiger partial charge on any atom is 0.335 e. The second-order valence-corrected chi connectivity index (χ2v) is 20.5. The van der Waals surface area contributed by atoms with E-state index in [0.29, 0.717) is 11.2 Å². The fourth-order valence-electron chi connectivity index (χ4n) is 6.04. The number of anilines is 1. The van der Waals surface area contributed by atoms with Gasteiger partial charge >= 0.3 is 17.1 Å².